The minimum absolute atomic E-state index is 0.178. The van der Waals surface area contributed by atoms with Crippen molar-refractivity contribution in [1.29, 1.82) is 0 Å². The molecule has 2 aliphatic heterocycles. The number of sulfonamides is 1. The fourth-order valence-electron chi connectivity index (χ4n) is 2.47. The Bertz CT molecular complexity index is 309. The molecule has 0 aliphatic carbocycles. The SMILES string of the molecule is CC1CCCN(S(=O)(=O)C2CCNC2)C1. The maximum absolute atomic E-state index is 12.2. The van der Waals surface area contributed by atoms with Crippen molar-refractivity contribution < 1.29 is 8.42 Å². The highest BCUT2D eigenvalue weighted by Crippen LogP contribution is 2.22. The standard InChI is InChI=1S/C10H20N2O2S/c1-9-3-2-6-12(8-9)15(13,14)10-4-5-11-7-10/h9-11H,2-8H2,1H3. The third kappa shape index (κ3) is 2.34. The molecule has 0 aromatic carbocycles. The average Bonchev–Trinajstić information content (AvgIpc) is 2.71. The van der Waals surface area contributed by atoms with Gasteiger partial charge in [-0.25, -0.2) is 12.7 Å². The fourth-order valence-corrected chi connectivity index (χ4v) is 4.48. The Hall–Kier alpha value is -0.130. The molecule has 0 saturated carbocycles. The van der Waals surface area contributed by atoms with Crippen LogP contribution in [0.2, 0.25) is 0 Å². The van der Waals surface area contributed by atoms with Gasteiger partial charge in [0.25, 0.3) is 0 Å². The summed E-state index contributed by atoms with van der Waals surface area (Å²) in [4.78, 5) is 0. The summed E-state index contributed by atoms with van der Waals surface area (Å²) in [7, 11) is -3.02. The normalized spacial score (nSPS) is 34.5. The predicted molar refractivity (Wildman–Crippen MR) is 60.2 cm³/mol. The molecule has 1 N–H and O–H groups in total. The van der Waals surface area contributed by atoms with Gasteiger partial charge in [-0.15, -0.1) is 0 Å². The summed E-state index contributed by atoms with van der Waals surface area (Å²) in [5.41, 5.74) is 0. The van der Waals surface area contributed by atoms with E-state index in [-0.39, 0.29) is 5.25 Å². The van der Waals surface area contributed by atoms with E-state index in [0.717, 1.165) is 38.9 Å². The number of nitrogens with one attached hydrogen (secondary N) is 1. The van der Waals surface area contributed by atoms with Crippen molar-refractivity contribution in [2.24, 2.45) is 5.92 Å². The molecule has 0 amide bonds. The Balaban J connectivity index is 2.07. The van der Waals surface area contributed by atoms with Crippen LogP contribution < -0.4 is 5.32 Å². The molecule has 2 heterocycles. The molecule has 0 radical (unpaired) electrons. The number of rotatable bonds is 2. The molecule has 0 aromatic heterocycles. The van der Waals surface area contributed by atoms with Crippen molar-refractivity contribution >= 4 is 10.0 Å². The molecule has 2 atom stereocenters. The second-order valence-corrected chi connectivity index (χ2v) is 6.98. The van der Waals surface area contributed by atoms with Gasteiger partial charge in [0, 0.05) is 19.6 Å². The monoisotopic (exact) mass is 232 g/mol. The summed E-state index contributed by atoms with van der Waals surface area (Å²) < 4.78 is 26.1. The zero-order chi connectivity index (χ0) is 10.9. The molecule has 0 spiro atoms. The maximum atomic E-state index is 12.2. The lowest BCUT2D eigenvalue weighted by molar-refractivity contribution is 0.279. The van der Waals surface area contributed by atoms with Crippen molar-refractivity contribution in [2.45, 2.75) is 31.4 Å². The van der Waals surface area contributed by atoms with E-state index in [1.165, 1.54) is 0 Å². The van der Waals surface area contributed by atoms with Crippen LogP contribution in [0, 0.1) is 5.92 Å². The van der Waals surface area contributed by atoms with Crippen LogP contribution in [0.25, 0.3) is 0 Å². The van der Waals surface area contributed by atoms with E-state index in [9.17, 15) is 8.42 Å². The Morgan fingerprint density at radius 1 is 1.33 bits per heavy atom. The summed E-state index contributed by atoms with van der Waals surface area (Å²) in [6.07, 6.45) is 2.95. The fraction of sp³-hybridized carbons (Fsp3) is 1.00. The molecule has 0 aromatic rings. The summed E-state index contributed by atoms with van der Waals surface area (Å²) >= 11 is 0. The Morgan fingerprint density at radius 3 is 2.73 bits per heavy atom. The first kappa shape index (κ1) is 11.4. The van der Waals surface area contributed by atoms with Gasteiger partial charge in [-0.1, -0.05) is 6.92 Å². The first-order valence-corrected chi connectivity index (χ1v) is 7.30. The van der Waals surface area contributed by atoms with Gasteiger partial charge >= 0.3 is 0 Å². The van der Waals surface area contributed by atoms with Crippen molar-refractivity contribution in [3.8, 4) is 0 Å². The molecule has 2 aliphatic rings. The second kappa shape index (κ2) is 4.39. The zero-order valence-electron chi connectivity index (χ0n) is 9.28. The van der Waals surface area contributed by atoms with Crippen LogP contribution in [-0.4, -0.2) is 44.2 Å². The Kier molecular flexibility index (Phi) is 3.33. The number of hydrogen-bond acceptors (Lipinski definition) is 3. The van der Waals surface area contributed by atoms with Gasteiger partial charge in [0.2, 0.25) is 10.0 Å². The largest absolute Gasteiger partial charge is 0.315 e. The minimum atomic E-state index is -3.02. The van der Waals surface area contributed by atoms with E-state index >= 15 is 0 Å². The highest BCUT2D eigenvalue weighted by atomic mass is 32.2. The quantitative estimate of drug-likeness (QED) is 0.750. The van der Waals surface area contributed by atoms with E-state index in [1.807, 2.05) is 0 Å². The van der Waals surface area contributed by atoms with Crippen LogP contribution in [0.5, 0.6) is 0 Å². The summed E-state index contributed by atoms with van der Waals surface area (Å²) in [6, 6.07) is 0. The van der Waals surface area contributed by atoms with Crippen LogP contribution in [0.15, 0.2) is 0 Å². The number of piperidine rings is 1. The maximum Gasteiger partial charge on any atom is 0.218 e. The third-order valence-electron chi connectivity index (χ3n) is 3.42. The smallest absolute Gasteiger partial charge is 0.218 e. The molecule has 5 heteroatoms. The van der Waals surface area contributed by atoms with Gasteiger partial charge in [-0.05, 0) is 31.7 Å². The van der Waals surface area contributed by atoms with Crippen LogP contribution in [0.3, 0.4) is 0 Å². The molecule has 0 bridgehead atoms. The topological polar surface area (TPSA) is 49.4 Å². The molecule has 2 saturated heterocycles. The van der Waals surface area contributed by atoms with Gasteiger partial charge in [-0.2, -0.15) is 0 Å². The molecule has 2 unspecified atom stereocenters. The Morgan fingerprint density at radius 2 is 2.13 bits per heavy atom. The first-order valence-electron chi connectivity index (χ1n) is 5.80. The van der Waals surface area contributed by atoms with Crippen LogP contribution >= 0.6 is 0 Å². The second-order valence-electron chi connectivity index (χ2n) is 4.77. The summed E-state index contributed by atoms with van der Waals surface area (Å²) in [6.45, 7) is 5.05. The van der Waals surface area contributed by atoms with Crippen molar-refractivity contribution in [3.05, 3.63) is 0 Å². The molecule has 2 rings (SSSR count). The summed E-state index contributed by atoms with van der Waals surface area (Å²) in [5, 5.41) is 2.94. The van der Waals surface area contributed by atoms with Gasteiger partial charge in [0.1, 0.15) is 0 Å². The number of hydrogen-bond donors (Lipinski definition) is 1. The highest BCUT2D eigenvalue weighted by molar-refractivity contribution is 7.89. The first-order chi connectivity index (χ1) is 7.10. The lowest BCUT2D eigenvalue weighted by Gasteiger charge is -2.31. The molecule has 15 heavy (non-hydrogen) atoms. The lowest BCUT2D eigenvalue weighted by Crippen LogP contribution is -2.44. The molecule has 4 nitrogen and oxygen atoms in total. The van der Waals surface area contributed by atoms with E-state index in [0.29, 0.717) is 12.5 Å². The van der Waals surface area contributed by atoms with Crippen LogP contribution in [0.1, 0.15) is 26.2 Å². The Labute approximate surface area is 92.1 Å². The molecule has 88 valence electrons. The van der Waals surface area contributed by atoms with E-state index in [4.69, 9.17) is 0 Å². The van der Waals surface area contributed by atoms with Gasteiger partial charge in [0.05, 0.1) is 5.25 Å². The lowest BCUT2D eigenvalue weighted by atomic mass is 10.0. The molecular formula is C10H20N2O2S. The third-order valence-corrected chi connectivity index (χ3v) is 5.71. The molecular weight excluding hydrogens is 212 g/mol. The van der Waals surface area contributed by atoms with Crippen LogP contribution in [0.4, 0.5) is 0 Å². The van der Waals surface area contributed by atoms with Crippen molar-refractivity contribution in [2.75, 3.05) is 26.2 Å². The van der Waals surface area contributed by atoms with E-state index < -0.39 is 10.0 Å². The van der Waals surface area contributed by atoms with Gasteiger partial charge in [0.15, 0.2) is 0 Å². The minimum Gasteiger partial charge on any atom is -0.315 e. The molecule has 2 fully saturated rings. The number of nitrogens with zero attached hydrogens (tertiary/aromatic N) is 1. The average molecular weight is 232 g/mol. The highest BCUT2D eigenvalue weighted by Gasteiger charge is 2.35. The van der Waals surface area contributed by atoms with E-state index in [1.54, 1.807) is 4.31 Å². The van der Waals surface area contributed by atoms with Gasteiger partial charge in [-0.3, -0.25) is 0 Å². The van der Waals surface area contributed by atoms with Crippen molar-refractivity contribution in [1.82, 2.24) is 9.62 Å². The zero-order valence-corrected chi connectivity index (χ0v) is 10.1. The predicted octanol–water partition coefficient (Wildman–Crippen LogP) is 0.410. The van der Waals surface area contributed by atoms with Crippen molar-refractivity contribution in [3.63, 3.8) is 0 Å². The van der Waals surface area contributed by atoms with E-state index in [2.05, 4.69) is 12.2 Å². The van der Waals surface area contributed by atoms with Gasteiger partial charge < -0.3 is 5.32 Å². The summed E-state index contributed by atoms with van der Waals surface area (Å²) in [5.74, 6) is 0.517. The van der Waals surface area contributed by atoms with Crippen LogP contribution in [-0.2, 0) is 10.0 Å².